The fourth-order valence-electron chi connectivity index (χ4n) is 2.04. The van der Waals surface area contributed by atoms with Crippen molar-refractivity contribution in [2.45, 2.75) is 6.42 Å². The van der Waals surface area contributed by atoms with Crippen LogP contribution in [0.4, 0.5) is 4.39 Å². The number of rotatable bonds is 4. The van der Waals surface area contributed by atoms with Gasteiger partial charge in [0.2, 0.25) is 0 Å². The van der Waals surface area contributed by atoms with Crippen molar-refractivity contribution in [3.05, 3.63) is 30.1 Å². The van der Waals surface area contributed by atoms with E-state index in [9.17, 15) is 9.18 Å². The van der Waals surface area contributed by atoms with E-state index in [1.165, 1.54) is 12.1 Å². The first-order valence-electron chi connectivity index (χ1n) is 6.06. The molecule has 1 aromatic carbocycles. The number of para-hydroxylation sites is 1. The Morgan fingerprint density at radius 1 is 1.50 bits per heavy atom. The number of amides is 1. The van der Waals surface area contributed by atoms with Crippen molar-refractivity contribution in [2.24, 2.45) is 11.7 Å². The molecule has 2 N–H and O–H groups in total. The molecule has 1 heterocycles. The molecule has 1 fully saturated rings. The second kappa shape index (κ2) is 5.82. The summed E-state index contributed by atoms with van der Waals surface area (Å²) in [4.78, 5) is 13.5. The predicted molar refractivity (Wildman–Crippen MR) is 65.6 cm³/mol. The summed E-state index contributed by atoms with van der Waals surface area (Å²) in [6, 6.07) is 6.06. The Morgan fingerprint density at radius 2 is 2.28 bits per heavy atom. The van der Waals surface area contributed by atoms with Crippen molar-refractivity contribution in [3.8, 4) is 5.75 Å². The Kier molecular flexibility index (Phi) is 4.15. The highest BCUT2D eigenvalue weighted by molar-refractivity contribution is 5.78. The number of hydrogen-bond donors (Lipinski definition) is 1. The highest BCUT2D eigenvalue weighted by atomic mass is 19.1. The second-order valence-electron chi connectivity index (χ2n) is 4.45. The maximum absolute atomic E-state index is 13.3. The Morgan fingerprint density at radius 3 is 2.94 bits per heavy atom. The lowest BCUT2D eigenvalue weighted by molar-refractivity contribution is -0.132. The van der Waals surface area contributed by atoms with E-state index in [2.05, 4.69) is 0 Å². The van der Waals surface area contributed by atoms with Crippen LogP contribution in [-0.4, -0.2) is 37.0 Å². The molecule has 1 saturated heterocycles. The van der Waals surface area contributed by atoms with Gasteiger partial charge in [-0.3, -0.25) is 4.79 Å². The van der Waals surface area contributed by atoms with E-state index in [0.717, 1.165) is 6.42 Å². The van der Waals surface area contributed by atoms with Crippen LogP contribution < -0.4 is 10.5 Å². The third kappa shape index (κ3) is 2.98. The van der Waals surface area contributed by atoms with Crippen LogP contribution in [0.25, 0.3) is 0 Å². The van der Waals surface area contributed by atoms with Gasteiger partial charge in [-0.25, -0.2) is 4.39 Å². The zero-order valence-corrected chi connectivity index (χ0v) is 10.1. The quantitative estimate of drug-likeness (QED) is 0.870. The molecule has 1 aliphatic rings. The molecule has 98 valence electrons. The maximum Gasteiger partial charge on any atom is 0.260 e. The lowest BCUT2D eigenvalue weighted by atomic mass is 10.1. The monoisotopic (exact) mass is 252 g/mol. The first kappa shape index (κ1) is 12.8. The Balaban J connectivity index is 1.84. The van der Waals surface area contributed by atoms with Crippen LogP contribution in [-0.2, 0) is 4.79 Å². The summed E-state index contributed by atoms with van der Waals surface area (Å²) in [5.74, 6) is -0.0800. The Hall–Kier alpha value is -1.62. The van der Waals surface area contributed by atoms with E-state index in [0.29, 0.717) is 25.6 Å². The summed E-state index contributed by atoms with van der Waals surface area (Å²) in [6.45, 7) is 1.85. The van der Waals surface area contributed by atoms with Gasteiger partial charge in [-0.15, -0.1) is 0 Å². The molecule has 0 spiro atoms. The third-order valence-corrected chi connectivity index (χ3v) is 3.16. The van der Waals surface area contributed by atoms with Gasteiger partial charge in [0.25, 0.3) is 5.91 Å². The zero-order valence-electron chi connectivity index (χ0n) is 10.1. The Labute approximate surface area is 106 Å². The van der Waals surface area contributed by atoms with Crippen molar-refractivity contribution in [2.75, 3.05) is 26.2 Å². The van der Waals surface area contributed by atoms with Gasteiger partial charge in [-0.05, 0) is 31.0 Å². The van der Waals surface area contributed by atoms with Crippen LogP contribution in [0.5, 0.6) is 5.75 Å². The van der Waals surface area contributed by atoms with E-state index >= 15 is 0 Å². The number of carbonyl (C=O) groups excluding carboxylic acids is 1. The summed E-state index contributed by atoms with van der Waals surface area (Å²) in [6.07, 6.45) is 0.932. The minimum absolute atomic E-state index is 0.112. The van der Waals surface area contributed by atoms with E-state index in [1.54, 1.807) is 17.0 Å². The lowest BCUT2D eigenvalue weighted by Crippen LogP contribution is -2.33. The first-order valence-corrected chi connectivity index (χ1v) is 6.06. The summed E-state index contributed by atoms with van der Waals surface area (Å²) < 4.78 is 18.4. The lowest BCUT2D eigenvalue weighted by Gasteiger charge is -2.16. The topological polar surface area (TPSA) is 55.6 Å². The molecule has 0 aliphatic carbocycles. The molecule has 0 radical (unpaired) electrons. The molecular formula is C13H17FN2O2. The average Bonchev–Trinajstić information content (AvgIpc) is 2.86. The highest BCUT2D eigenvalue weighted by Gasteiger charge is 2.25. The van der Waals surface area contributed by atoms with Crippen LogP contribution in [0.3, 0.4) is 0 Å². The standard InChI is InChI=1S/C13H17FN2O2/c14-11-3-1-2-4-12(11)18-9-13(17)16-6-5-10(7-15)8-16/h1-4,10H,5-9,15H2/t10-/m0/s1. The molecule has 2 rings (SSSR count). The van der Waals surface area contributed by atoms with Crippen molar-refractivity contribution >= 4 is 5.91 Å². The number of likely N-dealkylation sites (tertiary alicyclic amines) is 1. The van der Waals surface area contributed by atoms with E-state index in [1.807, 2.05) is 0 Å². The van der Waals surface area contributed by atoms with E-state index in [4.69, 9.17) is 10.5 Å². The SMILES string of the molecule is NC[C@@H]1CCN(C(=O)COc2ccccc2F)C1. The van der Waals surface area contributed by atoms with Gasteiger partial charge >= 0.3 is 0 Å². The summed E-state index contributed by atoms with van der Waals surface area (Å²) in [5.41, 5.74) is 5.56. The average molecular weight is 252 g/mol. The molecule has 0 aromatic heterocycles. The van der Waals surface area contributed by atoms with Gasteiger partial charge in [-0.1, -0.05) is 12.1 Å². The first-order chi connectivity index (χ1) is 8.70. The number of nitrogens with zero attached hydrogens (tertiary/aromatic N) is 1. The number of ether oxygens (including phenoxy) is 1. The van der Waals surface area contributed by atoms with Crippen molar-refractivity contribution in [1.82, 2.24) is 4.90 Å². The van der Waals surface area contributed by atoms with Crippen LogP contribution in [0.1, 0.15) is 6.42 Å². The van der Waals surface area contributed by atoms with Gasteiger partial charge in [0, 0.05) is 13.1 Å². The fraction of sp³-hybridized carbons (Fsp3) is 0.462. The van der Waals surface area contributed by atoms with Gasteiger partial charge in [-0.2, -0.15) is 0 Å². The summed E-state index contributed by atoms with van der Waals surface area (Å²) in [7, 11) is 0. The van der Waals surface area contributed by atoms with Gasteiger partial charge in [0.15, 0.2) is 18.2 Å². The third-order valence-electron chi connectivity index (χ3n) is 3.16. The predicted octanol–water partition coefficient (Wildman–Crippen LogP) is 1.01. The maximum atomic E-state index is 13.3. The summed E-state index contributed by atoms with van der Waals surface area (Å²) >= 11 is 0. The van der Waals surface area contributed by atoms with Crippen LogP contribution in [0.15, 0.2) is 24.3 Å². The van der Waals surface area contributed by atoms with Crippen molar-refractivity contribution in [1.29, 1.82) is 0 Å². The summed E-state index contributed by atoms with van der Waals surface area (Å²) in [5, 5.41) is 0. The molecule has 5 heteroatoms. The number of hydrogen-bond acceptors (Lipinski definition) is 3. The molecule has 1 aliphatic heterocycles. The smallest absolute Gasteiger partial charge is 0.260 e. The molecule has 1 atom stereocenters. The van der Waals surface area contributed by atoms with Crippen LogP contribution in [0, 0.1) is 11.7 Å². The number of carbonyl (C=O) groups is 1. The largest absolute Gasteiger partial charge is 0.481 e. The molecule has 1 amide bonds. The van der Waals surface area contributed by atoms with Gasteiger partial charge in [0.05, 0.1) is 0 Å². The number of halogens is 1. The molecule has 0 bridgehead atoms. The zero-order chi connectivity index (χ0) is 13.0. The number of benzene rings is 1. The Bertz CT molecular complexity index is 425. The van der Waals surface area contributed by atoms with Crippen LogP contribution >= 0.6 is 0 Å². The molecule has 4 nitrogen and oxygen atoms in total. The van der Waals surface area contributed by atoms with E-state index in [-0.39, 0.29) is 18.3 Å². The van der Waals surface area contributed by atoms with E-state index < -0.39 is 5.82 Å². The van der Waals surface area contributed by atoms with Gasteiger partial charge < -0.3 is 15.4 Å². The number of nitrogens with two attached hydrogens (primary N) is 1. The molecule has 1 aromatic rings. The van der Waals surface area contributed by atoms with Crippen LogP contribution in [0.2, 0.25) is 0 Å². The van der Waals surface area contributed by atoms with Crippen molar-refractivity contribution in [3.63, 3.8) is 0 Å². The van der Waals surface area contributed by atoms with Gasteiger partial charge in [0.1, 0.15) is 0 Å². The van der Waals surface area contributed by atoms with Crippen molar-refractivity contribution < 1.29 is 13.9 Å². The fourth-order valence-corrected chi connectivity index (χ4v) is 2.04. The highest BCUT2D eigenvalue weighted by Crippen LogP contribution is 2.17. The molecule has 18 heavy (non-hydrogen) atoms. The molecule has 0 saturated carbocycles. The molecular weight excluding hydrogens is 235 g/mol. The minimum atomic E-state index is -0.452. The molecule has 0 unspecified atom stereocenters. The minimum Gasteiger partial charge on any atom is -0.481 e. The normalized spacial score (nSPS) is 19.0. The second-order valence-corrected chi connectivity index (χ2v) is 4.45.